The highest BCUT2D eigenvalue weighted by Crippen LogP contribution is 2.25. The van der Waals surface area contributed by atoms with Crippen molar-refractivity contribution in [1.82, 2.24) is 4.48 Å². The normalized spacial score (nSPS) is 10.7. The summed E-state index contributed by atoms with van der Waals surface area (Å²) in [5.41, 5.74) is 0.216. The lowest BCUT2D eigenvalue weighted by Crippen LogP contribution is -3.00. The van der Waals surface area contributed by atoms with Crippen molar-refractivity contribution in [3.8, 4) is 0 Å². The van der Waals surface area contributed by atoms with Gasteiger partial charge < -0.3 is 24.0 Å². The molecule has 0 amide bonds. The SMILES string of the molecule is C[N+](C)(C)c1ccc(F)c([N+](=O)[O-])c1.[I-]. The second-order valence-corrected chi connectivity index (χ2v) is 3.91. The maximum absolute atomic E-state index is 13.0. The van der Waals surface area contributed by atoms with Crippen LogP contribution in [0.25, 0.3) is 0 Å². The summed E-state index contributed by atoms with van der Waals surface area (Å²) >= 11 is 0. The van der Waals surface area contributed by atoms with Crippen molar-refractivity contribution >= 4 is 11.4 Å². The molecule has 0 N–H and O–H groups in total. The summed E-state index contributed by atoms with van der Waals surface area (Å²) in [6.07, 6.45) is 0. The topological polar surface area (TPSA) is 43.1 Å². The fourth-order valence-electron chi connectivity index (χ4n) is 1.06. The first-order valence-electron chi connectivity index (χ1n) is 4.08. The van der Waals surface area contributed by atoms with Crippen molar-refractivity contribution in [2.24, 2.45) is 0 Å². The van der Waals surface area contributed by atoms with Crippen LogP contribution in [0.2, 0.25) is 0 Å². The lowest BCUT2D eigenvalue weighted by Gasteiger charge is -2.22. The summed E-state index contributed by atoms with van der Waals surface area (Å²) in [4.78, 5) is 9.75. The van der Waals surface area contributed by atoms with E-state index in [2.05, 4.69) is 0 Å². The monoisotopic (exact) mass is 326 g/mol. The van der Waals surface area contributed by atoms with Crippen LogP contribution in [-0.4, -0.2) is 26.1 Å². The van der Waals surface area contributed by atoms with Gasteiger partial charge in [-0.2, -0.15) is 4.39 Å². The minimum Gasteiger partial charge on any atom is -1.00 e. The number of hydrogen-bond donors (Lipinski definition) is 0. The van der Waals surface area contributed by atoms with E-state index in [-0.39, 0.29) is 24.0 Å². The van der Waals surface area contributed by atoms with Crippen LogP contribution < -0.4 is 28.5 Å². The summed E-state index contributed by atoms with van der Waals surface area (Å²) in [5.74, 6) is -0.799. The van der Waals surface area contributed by atoms with E-state index in [0.717, 1.165) is 6.07 Å². The largest absolute Gasteiger partial charge is 1.00 e. The van der Waals surface area contributed by atoms with E-state index in [9.17, 15) is 14.5 Å². The van der Waals surface area contributed by atoms with E-state index in [4.69, 9.17) is 0 Å². The highest BCUT2D eigenvalue weighted by molar-refractivity contribution is 5.50. The van der Waals surface area contributed by atoms with Gasteiger partial charge in [-0.1, -0.05) is 0 Å². The maximum Gasteiger partial charge on any atom is 0.310 e. The number of nitro benzene ring substituents is 1. The first kappa shape index (κ1) is 14.2. The molecule has 0 bridgehead atoms. The molecule has 0 heterocycles. The number of hydrogen-bond acceptors (Lipinski definition) is 2. The fraction of sp³-hybridized carbons (Fsp3) is 0.333. The van der Waals surface area contributed by atoms with Gasteiger partial charge in [0.25, 0.3) is 0 Å². The Morgan fingerprint density at radius 3 is 2.27 bits per heavy atom. The zero-order valence-electron chi connectivity index (χ0n) is 8.70. The Morgan fingerprint density at radius 2 is 1.87 bits per heavy atom. The molecule has 1 aromatic carbocycles. The van der Waals surface area contributed by atoms with E-state index in [1.54, 1.807) is 6.07 Å². The summed E-state index contributed by atoms with van der Waals surface area (Å²) in [7, 11) is 5.57. The third kappa shape index (κ3) is 3.38. The lowest BCUT2D eigenvalue weighted by atomic mass is 10.2. The van der Waals surface area contributed by atoms with Gasteiger partial charge in [-0.3, -0.25) is 14.6 Å². The molecule has 0 aliphatic carbocycles. The molecule has 6 heteroatoms. The van der Waals surface area contributed by atoms with Gasteiger partial charge in [0.05, 0.1) is 32.1 Å². The Morgan fingerprint density at radius 1 is 1.33 bits per heavy atom. The fourth-order valence-corrected chi connectivity index (χ4v) is 1.06. The van der Waals surface area contributed by atoms with Crippen molar-refractivity contribution in [1.29, 1.82) is 0 Å². The second kappa shape index (κ2) is 4.84. The van der Waals surface area contributed by atoms with Crippen molar-refractivity contribution in [2.45, 2.75) is 0 Å². The number of nitro groups is 1. The number of quaternary nitrogens is 1. The summed E-state index contributed by atoms with van der Waals surface area (Å²) in [6, 6.07) is 3.93. The zero-order valence-corrected chi connectivity index (χ0v) is 10.9. The molecule has 0 saturated heterocycles. The molecular formula is C9H12FIN2O2. The third-order valence-corrected chi connectivity index (χ3v) is 1.90. The van der Waals surface area contributed by atoms with Gasteiger partial charge in [-0.15, -0.1) is 0 Å². The molecule has 84 valence electrons. The minimum atomic E-state index is -0.799. The third-order valence-electron chi connectivity index (χ3n) is 1.90. The van der Waals surface area contributed by atoms with E-state index < -0.39 is 16.4 Å². The Balaban J connectivity index is 0.00000196. The molecular weight excluding hydrogens is 314 g/mol. The predicted molar refractivity (Wildman–Crippen MR) is 52.6 cm³/mol. The van der Waals surface area contributed by atoms with E-state index >= 15 is 0 Å². The molecule has 4 nitrogen and oxygen atoms in total. The average Bonchev–Trinajstić information content (AvgIpc) is 2.02. The minimum absolute atomic E-state index is 0. The molecule has 0 unspecified atom stereocenters. The first-order chi connectivity index (χ1) is 6.32. The number of nitrogens with zero attached hydrogens (tertiary/aromatic N) is 2. The Labute approximate surface area is 104 Å². The quantitative estimate of drug-likeness (QED) is 0.301. The molecule has 0 aliphatic rings. The molecule has 1 aromatic rings. The summed E-state index contributed by atoms with van der Waals surface area (Å²) in [6.45, 7) is 0. The van der Waals surface area contributed by atoms with Crippen molar-refractivity contribution in [3.05, 3.63) is 34.1 Å². The molecule has 15 heavy (non-hydrogen) atoms. The number of rotatable bonds is 2. The van der Waals surface area contributed by atoms with Crippen LogP contribution in [0.15, 0.2) is 18.2 Å². The molecule has 1 rings (SSSR count). The van der Waals surface area contributed by atoms with Crippen molar-refractivity contribution < 1.29 is 33.3 Å². The van der Waals surface area contributed by atoms with E-state index in [0.29, 0.717) is 10.2 Å². The molecule has 0 radical (unpaired) electrons. The second-order valence-electron chi connectivity index (χ2n) is 3.91. The van der Waals surface area contributed by atoms with Crippen LogP contribution >= 0.6 is 0 Å². The Kier molecular flexibility index (Phi) is 4.60. The highest BCUT2D eigenvalue weighted by atomic mass is 127. The van der Waals surface area contributed by atoms with Gasteiger partial charge >= 0.3 is 5.69 Å². The van der Waals surface area contributed by atoms with Crippen LogP contribution in [0.3, 0.4) is 0 Å². The van der Waals surface area contributed by atoms with Gasteiger partial charge in [0.1, 0.15) is 5.69 Å². The van der Waals surface area contributed by atoms with Crippen molar-refractivity contribution in [2.75, 3.05) is 21.1 Å². The van der Waals surface area contributed by atoms with E-state index in [1.807, 2.05) is 21.1 Å². The van der Waals surface area contributed by atoms with Gasteiger partial charge in [0, 0.05) is 6.07 Å². The lowest BCUT2D eigenvalue weighted by molar-refractivity contribution is -0.387. The smallest absolute Gasteiger partial charge is 0.310 e. The highest BCUT2D eigenvalue weighted by Gasteiger charge is 2.20. The Hall–Kier alpha value is -0.760. The predicted octanol–water partition coefficient (Wildman–Crippen LogP) is -1.07. The van der Waals surface area contributed by atoms with Crippen LogP contribution in [0, 0.1) is 15.9 Å². The van der Waals surface area contributed by atoms with Gasteiger partial charge in [-0.05, 0) is 6.07 Å². The molecule has 0 atom stereocenters. The molecule has 0 spiro atoms. The zero-order chi connectivity index (χ0) is 10.9. The van der Waals surface area contributed by atoms with Crippen LogP contribution in [0.4, 0.5) is 15.8 Å². The maximum atomic E-state index is 13.0. The summed E-state index contributed by atoms with van der Waals surface area (Å²) < 4.78 is 13.4. The van der Waals surface area contributed by atoms with Crippen LogP contribution in [0.5, 0.6) is 0 Å². The van der Waals surface area contributed by atoms with Gasteiger partial charge in [-0.25, -0.2) is 0 Å². The van der Waals surface area contributed by atoms with Crippen molar-refractivity contribution in [3.63, 3.8) is 0 Å². The number of halogens is 2. The first-order valence-corrected chi connectivity index (χ1v) is 4.08. The molecule has 0 saturated carbocycles. The van der Waals surface area contributed by atoms with Gasteiger partial charge in [0.15, 0.2) is 0 Å². The van der Waals surface area contributed by atoms with Gasteiger partial charge in [0.2, 0.25) is 5.82 Å². The standard InChI is InChI=1S/C9H12FN2O2.HI/c1-12(2,3)7-4-5-8(10)9(6-7)11(13)14;/h4-6H,1-3H3;1H/q+1;/p-1. The Bertz CT molecular complexity index is 377. The number of benzene rings is 1. The van der Waals surface area contributed by atoms with E-state index in [1.165, 1.54) is 6.07 Å². The van der Waals surface area contributed by atoms with Crippen LogP contribution in [-0.2, 0) is 0 Å². The van der Waals surface area contributed by atoms with Crippen LogP contribution in [0.1, 0.15) is 0 Å². The molecule has 0 fully saturated rings. The average molecular weight is 326 g/mol. The summed E-state index contributed by atoms with van der Waals surface area (Å²) in [5, 5.41) is 10.5. The molecule has 0 aromatic heterocycles. The molecule has 0 aliphatic heterocycles.